The lowest BCUT2D eigenvalue weighted by molar-refractivity contribution is -0.148. The van der Waals surface area contributed by atoms with Crippen LogP contribution in [-0.4, -0.2) is 86.6 Å². The van der Waals surface area contributed by atoms with Gasteiger partial charge in [0, 0.05) is 36.5 Å². The third kappa shape index (κ3) is 8.95. The number of pyridine rings is 1. The monoisotopic (exact) mass is 678 g/mol. The van der Waals surface area contributed by atoms with Gasteiger partial charge in [0.1, 0.15) is 18.1 Å². The summed E-state index contributed by atoms with van der Waals surface area (Å²) >= 11 is 1.88. The lowest BCUT2D eigenvalue weighted by atomic mass is 9.77. The number of aliphatic carboxylic acids is 1. The van der Waals surface area contributed by atoms with Crippen molar-refractivity contribution >= 4 is 52.6 Å². The Kier molecular flexibility index (Phi) is 11.8. The van der Waals surface area contributed by atoms with Crippen molar-refractivity contribution in [1.82, 2.24) is 30.4 Å². The highest BCUT2D eigenvalue weighted by molar-refractivity contribution is 7.97. The number of carboxylic acids is 1. The van der Waals surface area contributed by atoms with Crippen molar-refractivity contribution in [2.45, 2.75) is 90.8 Å². The van der Waals surface area contributed by atoms with Crippen LogP contribution in [-0.2, 0) is 25.6 Å². The molecule has 3 amide bonds. The number of piperidine rings is 1. The fraction of sp³-hybridized carbons (Fsp3) is 0.583. The Balaban J connectivity index is 1.30. The fourth-order valence-corrected chi connectivity index (χ4v) is 7.45. The lowest BCUT2D eigenvalue weighted by Gasteiger charge is -2.39. The van der Waals surface area contributed by atoms with Crippen LogP contribution in [0.3, 0.4) is 0 Å². The average Bonchev–Trinajstić information content (AvgIpc) is 3.93. The zero-order valence-electron chi connectivity index (χ0n) is 28.5. The number of aryl methyl sites for hydroxylation is 1. The second-order valence-corrected chi connectivity index (χ2v) is 15.0. The third-order valence-corrected chi connectivity index (χ3v) is 11.1. The second kappa shape index (κ2) is 15.8. The van der Waals surface area contributed by atoms with Crippen LogP contribution in [0.5, 0.6) is 0 Å². The first-order valence-electron chi connectivity index (χ1n) is 17.4. The molecule has 1 aliphatic carbocycles. The zero-order valence-corrected chi connectivity index (χ0v) is 29.4. The maximum atomic E-state index is 14.3. The van der Waals surface area contributed by atoms with Gasteiger partial charge in [0.2, 0.25) is 11.8 Å². The van der Waals surface area contributed by atoms with Gasteiger partial charge >= 0.3 is 5.97 Å². The van der Waals surface area contributed by atoms with E-state index in [4.69, 9.17) is 4.98 Å². The summed E-state index contributed by atoms with van der Waals surface area (Å²) in [6.07, 6.45) is 9.68. The average molecular weight is 679 g/mol. The van der Waals surface area contributed by atoms with Crippen LogP contribution in [0.1, 0.15) is 77.5 Å². The molecular weight excluding hydrogens is 628 g/mol. The number of rotatable bonds is 13. The molecule has 2 aromatic rings. The highest BCUT2D eigenvalue weighted by Gasteiger charge is 2.42. The quantitative estimate of drug-likeness (QED) is 0.230. The molecule has 12 heteroatoms. The number of hydrogen-bond donors (Lipinski definition) is 4. The van der Waals surface area contributed by atoms with Gasteiger partial charge in [-0.2, -0.15) is 0 Å². The maximum absolute atomic E-state index is 14.3. The molecule has 1 saturated carbocycles. The van der Waals surface area contributed by atoms with E-state index in [1.54, 1.807) is 6.92 Å². The van der Waals surface area contributed by atoms with Crippen LogP contribution in [0.25, 0.3) is 17.0 Å². The van der Waals surface area contributed by atoms with Gasteiger partial charge in [0.15, 0.2) is 0 Å². The van der Waals surface area contributed by atoms with E-state index in [1.807, 2.05) is 56.1 Å². The number of carboxylic acid groups (broad SMARTS) is 1. The van der Waals surface area contributed by atoms with Crippen LogP contribution in [0.2, 0.25) is 0 Å². The van der Waals surface area contributed by atoms with Gasteiger partial charge < -0.3 is 15.7 Å². The fourth-order valence-electron chi connectivity index (χ4n) is 6.25. The maximum Gasteiger partial charge on any atom is 0.322 e. The van der Waals surface area contributed by atoms with Crippen molar-refractivity contribution in [2.75, 3.05) is 25.4 Å². The zero-order chi connectivity index (χ0) is 34.4. The standard InChI is InChI=1S/C36H50N6O5S/c1-5-28-13-12-27-11-10-25(21-30(27)38-28)14-15-36(16-19-41(20-17-36)48-22-26-8-9-26)35(47)39-31(23(2)3)32(43)37-24(4)33(44)42-18-6-7-29(40-42)34(45)46/h10-15,21,23-24,26,29,31,40H,5-9,16-20,22H2,1-4H3,(H,37,43)(H,39,47)(H,45,46)/b15-14+. The molecule has 1 aromatic heterocycles. The van der Waals surface area contributed by atoms with Crippen molar-refractivity contribution in [1.29, 1.82) is 0 Å². The highest BCUT2D eigenvalue weighted by atomic mass is 32.2. The highest BCUT2D eigenvalue weighted by Crippen LogP contribution is 2.39. The smallest absolute Gasteiger partial charge is 0.322 e. The molecule has 5 rings (SSSR count). The van der Waals surface area contributed by atoms with E-state index in [2.05, 4.69) is 39.4 Å². The summed E-state index contributed by atoms with van der Waals surface area (Å²) in [4.78, 5) is 57.2. The van der Waals surface area contributed by atoms with E-state index in [1.165, 1.54) is 17.9 Å². The van der Waals surface area contributed by atoms with E-state index < -0.39 is 41.3 Å². The molecule has 4 N–H and O–H groups in total. The Morgan fingerprint density at radius 1 is 1.06 bits per heavy atom. The predicted molar refractivity (Wildman–Crippen MR) is 188 cm³/mol. The molecule has 3 heterocycles. The number of hydrogen-bond acceptors (Lipinski definition) is 8. The van der Waals surface area contributed by atoms with Gasteiger partial charge in [-0.1, -0.05) is 63.1 Å². The Morgan fingerprint density at radius 2 is 1.79 bits per heavy atom. The van der Waals surface area contributed by atoms with Crippen molar-refractivity contribution in [3.8, 4) is 0 Å². The third-order valence-electron chi connectivity index (χ3n) is 9.70. The van der Waals surface area contributed by atoms with E-state index in [-0.39, 0.29) is 11.8 Å². The van der Waals surface area contributed by atoms with Gasteiger partial charge in [-0.05, 0) is 81.4 Å². The number of aromatic nitrogens is 1. The first-order chi connectivity index (χ1) is 23.0. The largest absolute Gasteiger partial charge is 0.480 e. The summed E-state index contributed by atoms with van der Waals surface area (Å²) < 4.78 is 2.37. The Bertz CT molecular complexity index is 1520. The van der Waals surface area contributed by atoms with E-state index in [9.17, 15) is 24.3 Å². The SMILES string of the molecule is CCc1ccc2ccc(/C=C/C3(C(=O)NC(C(=O)NC(C)C(=O)N4CCCC(C(=O)O)N4)C(C)C)CCN(SCC4CC4)CC3)cc2n1. The summed E-state index contributed by atoms with van der Waals surface area (Å²) in [5.41, 5.74) is 4.84. The summed E-state index contributed by atoms with van der Waals surface area (Å²) in [5, 5.41) is 17.6. The van der Waals surface area contributed by atoms with E-state index in [0.717, 1.165) is 53.3 Å². The number of benzene rings is 1. The van der Waals surface area contributed by atoms with Gasteiger partial charge in [-0.15, -0.1) is 0 Å². The number of carbonyl (C=O) groups is 4. The lowest BCUT2D eigenvalue weighted by Crippen LogP contribution is -2.61. The van der Waals surface area contributed by atoms with Crippen LogP contribution in [0.15, 0.2) is 36.4 Å². The summed E-state index contributed by atoms with van der Waals surface area (Å²) in [6.45, 7) is 9.27. The van der Waals surface area contributed by atoms with Gasteiger partial charge in [0.05, 0.1) is 10.9 Å². The van der Waals surface area contributed by atoms with Gasteiger partial charge in [0.25, 0.3) is 5.91 Å². The molecule has 48 heavy (non-hydrogen) atoms. The number of hydrazine groups is 1. The molecule has 3 aliphatic rings. The summed E-state index contributed by atoms with van der Waals surface area (Å²) in [6, 6.07) is 7.64. The number of fused-ring (bicyclic) bond motifs is 1. The number of nitrogens with one attached hydrogen (secondary N) is 3. The van der Waals surface area contributed by atoms with Gasteiger partial charge in [-0.3, -0.25) is 33.5 Å². The van der Waals surface area contributed by atoms with Crippen molar-refractivity contribution in [3.05, 3.63) is 47.7 Å². The second-order valence-electron chi connectivity index (χ2n) is 13.8. The Labute approximate surface area is 287 Å². The van der Waals surface area contributed by atoms with E-state index >= 15 is 0 Å². The van der Waals surface area contributed by atoms with Crippen LogP contribution in [0, 0.1) is 17.3 Å². The molecule has 2 saturated heterocycles. The van der Waals surface area contributed by atoms with Crippen LogP contribution >= 0.6 is 11.9 Å². The molecule has 0 bridgehead atoms. The summed E-state index contributed by atoms with van der Waals surface area (Å²) in [5.74, 6) is -0.407. The molecule has 11 nitrogen and oxygen atoms in total. The molecule has 0 spiro atoms. The first-order valence-corrected chi connectivity index (χ1v) is 18.3. The molecule has 0 radical (unpaired) electrons. The normalized spacial score (nSPS) is 21.3. The Morgan fingerprint density at radius 3 is 2.46 bits per heavy atom. The van der Waals surface area contributed by atoms with E-state index in [0.29, 0.717) is 32.2 Å². The number of amides is 3. The minimum Gasteiger partial charge on any atom is -0.480 e. The molecule has 3 fully saturated rings. The minimum absolute atomic E-state index is 0.201. The molecule has 2 aliphatic heterocycles. The number of nitrogens with zero attached hydrogens (tertiary/aromatic N) is 3. The Hall–Kier alpha value is -3.48. The summed E-state index contributed by atoms with van der Waals surface area (Å²) in [7, 11) is 0. The van der Waals surface area contributed by atoms with Crippen molar-refractivity contribution < 1.29 is 24.3 Å². The molecule has 260 valence electrons. The van der Waals surface area contributed by atoms with Gasteiger partial charge in [-0.25, -0.2) is 5.43 Å². The number of carbonyl (C=O) groups excluding carboxylic acids is 3. The first kappa shape index (κ1) is 35.8. The minimum atomic E-state index is -1.02. The molecule has 3 unspecified atom stereocenters. The van der Waals surface area contributed by atoms with Crippen molar-refractivity contribution in [2.24, 2.45) is 17.3 Å². The molecule has 3 atom stereocenters. The van der Waals surface area contributed by atoms with Crippen LogP contribution in [0.4, 0.5) is 0 Å². The molecule has 1 aromatic carbocycles. The van der Waals surface area contributed by atoms with Crippen molar-refractivity contribution in [3.63, 3.8) is 0 Å². The topological polar surface area (TPSA) is 144 Å². The molecular formula is C36H50N6O5S. The predicted octanol–water partition coefficient (Wildman–Crippen LogP) is 4.18. The van der Waals surface area contributed by atoms with Crippen LogP contribution < -0.4 is 16.1 Å².